The molecular weight excluding hydrogens is 435 g/mol. The summed E-state index contributed by atoms with van der Waals surface area (Å²) in [5.41, 5.74) is 5.21. The highest BCUT2D eigenvalue weighted by Gasteiger charge is 2.26. The van der Waals surface area contributed by atoms with Gasteiger partial charge in [0, 0.05) is 25.0 Å². The van der Waals surface area contributed by atoms with E-state index in [1.165, 1.54) is 32.4 Å². The summed E-state index contributed by atoms with van der Waals surface area (Å²) in [5, 5.41) is 2.84. The Morgan fingerprint density at radius 2 is 1.85 bits per heavy atom. The zero-order valence-corrected chi connectivity index (χ0v) is 19.0. The zero-order valence-electron chi connectivity index (χ0n) is 19.0. The van der Waals surface area contributed by atoms with Crippen molar-refractivity contribution in [3.63, 3.8) is 0 Å². The van der Waals surface area contributed by atoms with Gasteiger partial charge in [0.2, 0.25) is 5.91 Å². The van der Waals surface area contributed by atoms with Crippen LogP contribution in [-0.4, -0.2) is 30.9 Å². The Morgan fingerprint density at radius 1 is 1.12 bits per heavy atom. The van der Waals surface area contributed by atoms with Gasteiger partial charge in [-0.2, -0.15) is 0 Å². The number of hydrogen-bond donors (Lipinski definition) is 1. The predicted molar refractivity (Wildman–Crippen MR) is 126 cm³/mol. The quantitative estimate of drug-likeness (QED) is 0.654. The fourth-order valence-electron chi connectivity index (χ4n) is 3.92. The van der Waals surface area contributed by atoms with Crippen molar-refractivity contribution in [1.82, 2.24) is 10.3 Å². The largest absolute Gasteiger partial charge is 0.492 e. The fraction of sp³-hybridized carbons (Fsp3) is 0.148. The first-order valence-electron chi connectivity index (χ1n) is 10.6. The van der Waals surface area contributed by atoms with E-state index in [9.17, 15) is 14.0 Å². The minimum atomic E-state index is -0.395. The van der Waals surface area contributed by atoms with Crippen LogP contribution in [0, 0.1) is 5.82 Å². The summed E-state index contributed by atoms with van der Waals surface area (Å²) in [4.78, 5) is 29.0. The Balaban J connectivity index is 1.72. The number of rotatable bonds is 6. The van der Waals surface area contributed by atoms with Crippen LogP contribution in [0.1, 0.15) is 23.6 Å². The molecule has 1 aromatic heterocycles. The molecular formula is C27H23FN2O4. The first-order valence-corrected chi connectivity index (χ1v) is 10.6. The molecule has 0 saturated heterocycles. The van der Waals surface area contributed by atoms with Crippen LogP contribution in [0.15, 0.2) is 89.7 Å². The number of ketones is 1. The number of hydrogen-bond acceptors (Lipinski definition) is 5. The lowest BCUT2D eigenvalue weighted by atomic mass is 9.99. The van der Waals surface area contributed by atoms with Crippen LogP contribution < -0.4 is 5.32 Å². The summed E-state index contributed by atoms with van der Waals surface area (Å²) in [6.07, 6.45) is 9.94. The second kappa shape index (κ2) is 9.70. The van der Waals surface area contributed by atoms with Gasteiger partial charge < -0.3 is 14.8 Å². The van der Waals surface area contributed by atoms with Gasteiger partial charge in [0.1, 0.15) is 5.82 Å². The highest BCUT2D eigenvalue weighted by Crippen LogP contribution is 2.43. The van der Waals surface area contributed by atoms with Gasteiger partial charge in [0.05, 0.1) is 14.2 Å². The van der Waals surface area contributed by atoms with Crippen molar-refractivity contribution in [3.05, 3.63) is 112 Å². The smallest absolute Gasteiger partial charge is 0.261 e. The van der Waals surface area contributed by atoms with Gasteiger partial charge >= 0.3 is 0 Å². The Labute approximate surface area is 196 Å². The predicted octanol–water partition coefficient (Wildman–Crippen LogP) is 4.28. The standard InChI is InChI=1S/C27H23FN2O4/c1-16-21(9-18-10-24(33-2)27(32)25(11-18)34-3)20-7-6-19(28)12-23(20)22(16)13-26(31)30-15-17-5-4-8-29-14-17/h4-14H,15H2,1-3H3,(H,30,31)/b22-13+. The van der Waals surface area contributed by atoms with Crippen molar-refractivity contribution in [2.45, 2.75) is 13.5 Å². The number of benzene rings is 1. The second-order valence-electron chi connectivity index (χ2n) is 7.76. The highest BCUT2D eigenvalue weighted by atomic mass is 19.1. The Kier molecular flexibility index (Phi) is 6.54. The van der Waals surface area contributed by atoms with Crippen LogP contribution >= 0.6 is 0 Å². The molecule has 172 valence electrons. The van der Waals surface area contributed by atoms with E-state index >= 15 is 0 Å². The first kappa shape index (κ1) is 22.9. The van der Waals surface area contributed by atoms with E-state index in [1.54, 1.807) is 36.7 Å². The third kappa shape index (κ3) is 4.59. The Bertz CT molecular complexity index is 1290. The number of ether oxygens (including phenoxy) is 2. The minimum absolute atomic E-state index is 0.159. The monoisotopic (exact) mass is 458 g/mol. The molecule has 2 aliphatic carbocycles. The van der Waals surface area contributed by atoms with E-state index in [0.29, 0.717) is 23.3 Å². The third-order valence-corrected chi connectivity index (χ3v) is 5.63. The maximum absolute atomic E-state index is 14.1. The van der Waals surface area contributed by atoms with Crippen LogP contribution in [0.3, 0.4) is 0 Å². The molecule has 0 aliphatic heterocycles. The highest BCUT2D eigenvalue weighted by molar-refractivity contribution is 6.10. The fourth-order valence-corrected chi connectivity index (χ4v) is 3.92. The van der Waals surface area contributed by atoms with Crippen molar-refractivity contribution in [3.8, 4) is 0 Å². The normalized spacial score (nSPS) is 16.2. The number of carbonyl (C=O) groups is 2. The summed E-state index contributed by atoms with van der Waals surface area (Å²) in [7, 11) is 2.84. The number of Topliss-reactive ketones (excluding diaryl/α,β-unsaturated/α-hetero) is 1. The molecule has 34 heavy (non-hydrogen) atoms. The molecule has 2 aliphatic rings. The number of fused-ring (bicyclic) bond motifs is 1. The number of aromatic nitrogens is 1. The maximum atomic E-state index is 14.1. The molecule has 0 saturated carbocycles. The van der Waals surface area contributed by atoms with Crippen LogP contribution in [0.25, 0.3) is 11.1 Å². The number of nitrogens with zero attached hydrogens (tertiary/aromatic N) is 1. The lowest BCUT2D eigenvalue weighted by Crippen LogP contribution is -2.20. The molecule has 1 aromatic carbocycles. The van der Waals surface area contributed by atoms with E-state index < -0.39 is 5.82 Å². The van der Waals surface area contributed by atoms with Gasteiger partial charge in [-0.05, 0) is 82.3 Å². The summed E-state index contributed by atoms with van der Waals surface area (Å²) >= 11 is 0. The molecule has 0 unspecified atom stereocenters. The number of halogens is 1. The van der Waals surface area contributed by atoms with Gasteiger partial charge in [-0.15, -0.1) is 0 Å². The number of methoxy groups -OCH3 is 2. The third-order valence-electron chi connectivity index (χ3n) is 5.63. The molecule has 0 atom stereocenters. The molecule has 0 radical (unpaired) electrons. The van der Waals surface area contributed by atoms with Crippen molar-refractivity contribution in [2.24, 2.45) is 0 Å². The lowest BCUT2D eigenvalue weighted by molar-refractivity contribution is -0.118. The summed E-state index contributed by atoms with van der Waals surface area (Å²) in [6, 6.07) is 8.16. The van der Waals surface area contributed by atoms with Gasteiger partial charge in [0.25, 0.3) is 5.78 Å². The number of nitrogens with one attached hydrogen (secondary N) is 1. The topological polar surface area (TPSA) is 77.5 Å². The maximum Gasteiger partial charge on any atom is 0.261 e. The molecule has 1 heterocycles. The summed E-state index contributed by atoms with van der Waals surface area (Å²) in [5.74, 6) is -0.715. The van der Waals surface area contributed by atoms with Gasteiger partial charge in [-0.25, -0.2) is 4.39 Å². The molecule has 6 nitrogen and oxygen atoms in total. The molecule has 0 spiro atoms. The van der Waals surface area contributed by atoms with E-state index in [0.717, 1.165) is 22.3 Å². The van der Waals surface area contributed by atoms with E-state index in [1.807, 2.05) is 19.1 Å². The first-order chi connectivity index (χ1) is 16.4. The van der Waals surface area contributed by atoms with Crippen molar-refractivity contribution >= 4 is 22.8 Å². The molecule has 4 rings (SSSR count). The van der Waals surface area contributed by atoms with E-state index in [-0.39, 0.29) is 23.2 Å². The van der Waals surface area contributed by atoms with Gasteiger partial charge in [0.15, 0.2) is 11.5 Å². The van der Waals surface area contributed by atoms with Crippen molar-refractivity contribution < 1.29 is 23.5 Å². The Hall–Kier alpha value is -4.26. The van der Waals surface area contributed by atoms with E-state index in [4.69, 9.17) is 9.47 Å². The minimum Gasteiger partial charge on any atom is -0.492 e. The van der Waals surface area contributed by atoms with Gasteiger partial charge in [-0.1, -0.05) is 12.1 Å². The number of carbonyl (C=O) groups excluding carboxylic acids is 2. The van der Waals surface area contributed by atoms with Crippen LogP contribution in [0.2, 0.25) is 0 Å². The van der Waals surface area contributed by atoms with Crippen LogP contribution in [-0.2, 0) is 25.6 Å². The van der Waals surface area contributed by atoms with Gasteiger partial charge in [-0.3, -0.25) is 14.6 Å². The zero-order chi connectivity index (χ0) is 24.2. The number of allylic oxidation sites excluding steroid dienone is 7. The lowest BCUT2D eigenvalue weighted by Gasteiger charge is -2.14. The Morgan fingerprint density at radius 3 is 2.50 bits per heavy atom. The SMILES string of the molecule is COC1=CC(=CC2=C(C)/C(=C\C(=O)NCc3cccnc3)c3cc(F)ccc32)C=C(OC)C1=O. The average Bonchev–Trinajstić information content (AvgIpc) is 3.09. The molecule has 1 amide bonds. The molecule has 0 bridgehead atoms. The second-order valence-corrected chi connectivity index (χ2v) is 7.76. The number of pyridine rings is 1. The average molecular weight is 458 g/mol. The molecule has 0 fully saturated rings. The summed E-state index contributed by atoms with van der Waals surface area (Å²) < 4.78 is 24.5. The number of amides is 1. The van der Waals surface area contributed by atoms with E-state index in [2.05, 4.69) is 10.3 Å². The van der Waals surface area contributed by atoms with Crippen molar-refractivity contribution in [2.75, 3.05) is 14.2 Å². The molecule has 2 aromatic rings. The molecule has 1 N–H and O–H groups in total. The van der Waals surface area contributed by atoms with Crippen LogP contribution in [0.4, 0.5) is 4.39 Å². The summed E-state index contributed by atoms with van der Waals surface area (Å²) in [6.45, 7) is 2.20. The van der Waals surface area contributed by atoms with Crippen LogP contribution in [0.5, 0.6) is 0 Å². The molecule has 7 heteroatoms. The van der Waals surface area contributed by atoms with Crippen molar-refractivity contribution in [1.29, 1.82) is 0 Å².